The van der Waals surface area contributed by atoms with Crippen LogP contribution in [-0.4, -0.2) is 9.97 Å². The van der Waals surface area contributed by atoms with E-state index in [-0.39, 0.29) is 11.1 Å². The maximum Gasteiger partial charge on any atom is 0.225 e. The molecule has 2 heterocycles. The van der Waals surface area contributed by atoms with Crippen molar-refractivity contribution in [1.82, 2.24) is 9.97 Å². The minimum absolute atomic E-state index is 0.191. The molecule has 3 aromatic rings. The third kappa shape index (κ3) is 2.39. The molecule has 6 heteroatoms. The highest BCUT2D eigenvalue weighted by Crippen LogP contribution is 2.29. The number of thiophene rings is 1. The van der Waals surface area contributed by atoms with Gasteiger partial charge in [0.15, 0.2) is 0 Å². The van der Waals surface area contributed by atoms with Crippen LogP contribution in [0.5, 0.6) is 0 Å². The minimum atomic E-state index is -0.230. The molecule has 0 aliphatic rings. The maximum atomic E-state index is 13.2. The minimum Gasteiger partial charge on any atom is -0.340 e. The molecule has 96 valence electrons. The molecule has 0 amide bonds. The molecule has 0 saturated heterocycles. The van der Waals surface area contributed by atoms with Gasteiger partial charge in [-0.15, -0.1) is 11.3 Å². The fourth-order valence-electron chi connectivity index (χ4n) is 1.78. The Morgan fingerprint density at radius 3 is 2.89 bits per heavy atom. The van der Waals surface area contributed by atoms with Crippen LogP contribution in [-0.2, 0) is 0 Å². The zero-order chi connectivity index (χ0) is 13.4. The normalized spacial score (nSPS) is 10.9. The number of halogens is 2. The van der Waals surface area contributed by atoms with Gasteiger partial charge in [0.25, 0.3) is 0 Å². The van der Waals surface area contributed by atoms with Crippen molar-refractivity contribution in [2.75, 3.05) is 5.32 Å². The van der Waals surface area contributed by atoms with Crippen LogP contribution in [0.1, 0.15) is 5.56 Å². The average molecular weight is 294 g/mol. The summed E-state index contributed by atoms with van der Waals surface area (Å²) in [5, 5.41) is 6.16. The number of aromatic nitrogens is 2. The van der Waals surface area contributed by atoms with E-state index >= 15 is 0 Å². The monoisotopic (exact) mass is 293 g/mol. The Morgan fingerprint density at radius 2 is 2.11 bits per heavy atom. The fraction of sp³-hybridized carbons (Fsp3) is 0.0769. The first-order chi connectivity index (χ1) is 9.13. The Morgan fingerprint density at radius 1 is 1.26 bits per heavy atom. The van der Waals surface area contributed by atoms with E-state index in [2.05, 4.69) is 15.3 Å². The van der Waals surface area contributed by atoms with Crippen LogP contribution in [0.25, 0.3) is 10.2 Å². The van der Waals surface area contributed by atoms with Gasteiger partial charge in [0, 0.05) is 5.69 Å². The maximum absolute atomic E-state index is 13.2. The summed E-state index contributed by atoms with van der Waals surface area (Å²) < 4.78 is 13.2. The number of rotatable bonds is 2. The van der Waals surface area contributed by atoms with E-state index in [0.717, 1.165) is 15.9 Å². The molecule has 3 rings (SSSR count). The molecule has 0 aliphatic carbocycles. The fourth-order valence-corrected chi connectivity index (χ4v) is 2.77. The molecule has 3 nitrogen and oxygen atoms in total. The van der Waals surface area contributed by atoms with Gasteiger partial charge in [-0.25, -0.2) is 9.37 Å². The Kier molecular flexibility index (Phi) is 3.08. The van der Waals surface area contributed by atoms with Crippen molar-refractivity contribution in [2.45, 2.75) is 6.92 Å². The third-order valence-corrected chi connectivity index (χ3v) is 3.69. The van der Waals surface area contributed by atoms with Gasteiger partial charge < -0.3 is 5.32 Å². The van der Waals surface area contributed by atoms with Crippen LogP contribution in [0, 0.1) is 12.7 Å². The molecule has 0 fully saturated rings. The van der Waals surface area contributed by atoms with Crippen LogP contribution < -0.4 is 5.32 Å². The second-order valence-corrected chi connectivity index (χ2v) is 5.30. The Labute approximate surface area is 118 Å². The molecule has 0 bridgehead atoms. The second kappa shape index (κ2) is 4.75. The number of benzene rings is 1. The van der Waals surface area contributed by atoms with Gasteiger partial charge in [0.05, 0.1) is 5.39 Å². The lowest BCUT2D eigenvalue weighted by molar-refractivity contribution is 0.619. The highest BCUT2D eigenvalue weighted by molar-refractivity contribution is 7.16. The molecule has 0 aliphatic heterocycles. The molecule has 0 atom stereocenters. The zero-order valence-electron chi connectivity index (χ0n) is 9.95. The van der Waals surface area contributed by atoms with Crippen molar-refractivity contribution in [1.29, 1.82) is 0 Å². The molecule has 0 radical (unpaired) electrons. The molecular weight excluding hydrogens is 285 g/mol. The van der Waals surface area contributed by atoms with Gasteiger partial charge in [-0.1, -0.05) is 0 Å². The number of nitrogens with one attached hydrogen (secondary N) is 1. The van der Waals surface area contributed by atoms with Crippen molar-refractivity contribution in [3.05, 3.63) is 46.3 Å². The van der Waals surface area contributed by atoms with Crippen molar-refractivity contribution in [2.24, 2.45) is 0 Å². The lowest BCUT2D eigenvalue weighted by atomic mass is 10.2. The molecule has 2 aromatic heterocycles. The van der Waals surface area contributed by atoms with Crippen LogP contribution in [0.4, 0.5) is 15.9 Å². The number of hydrogen-bond acceptors (Lipinski definition) is 4. The third-order valence-electron chi connectivity index (χ3n) is 2.72. The number of aryl methyl sites for hydroxylation is 1. The predicted molar refractivity (Wildman–Crippen MR) is 76.8 cm³/mol. The van der Waals surface area contributed by atoms with E-state index in [4.69, 9.17) is 11.6 Å². The first-order valence-electron chi connectivity index (χ1n) is 5.57. The van der Waals surface area contributed by atoms with Crippen LogP contribution in [0.15, 0.2) is 29.6 Å². The highest BCUT2D eigenvalue weighted by Gasteiger charge is 2.08. The Balaban J connectivity index is 2.04. The van der Waals surface area contributed by atoms with E-state index in [0.29, 0.717) is 11.4 Å². The summed E-state index contributed by atoms with van der Waals surface area (Å²) in [7, 11) is 0. The van der Waals surface area contributed by atoms with Gasteiger partial charge >= 0.3 is 0 Å². The second-order valence-electron chi connectivity index (χ2n) is 4.07. The van der Waals surface area contributed by atoms with E-state index < -0.39 is 0 Å². The predicted octanol–water partition coefficient (Wildman–Crippen LogP) is 4.54. The zero-order valence-corrected chi connectivity index (χ0v) is 11.5. The largest absolute Gasteiger partial charge is 0.340 e. The van der Waals surface area contributed by atoms with Gasteiger partial charge in [-0.2, -0.15) is 4.98 Å². The standard InChI is InChI=1S/C13H9ClFN3S/c1-7-6-8(2-3-10(7)15)16-11-9-4-5-19-12(9)18-13(14)17-11/h2-6H,1H3,(H,16,17,18). The van der Waals surface area contributed by atoms with Crippen LogP contribution in [0.3, 0.4) is 0 Å². The van der Waals surface area contributed by atoms with E-state index in [1.165, 1.54) is 17.4 Å². The van der Waals surface area contributed by atoms with E-state index in [1.54, 1.807) is 19.1 Å². The lowest BCUT2D eigenvalue weighted by Gasteiger charge is -2.08. The first-order valence-corrected chi connectivity index (χ1v) is 6.83. The summed E-state index contributed by atoms with van der Waals surface area (Å²) in [6.45, 7) is 1.72. The number of nitrogens with zero attached hydrogens (tertiary/aromatic N) is 2. The summed E-state index contributed by atoms with van der Waals surface area (Å²) in [6.07, 6.45) is 0. The van der Waals surface area contributed by atoms with Crippen molar-refractivity contribution in [3.63, 3.8) is 0 Å². The quantitative estimate of drug-likeness (QED) is 0.705. The van der Waals surface area contributed by atoms with E-state index in [1.807, 2.05) is 11.4 Å². The van der Waals surface area contributed by atoms with Crippen molar-refractivity contribution in [3.8, 4) is 0 Å². The van der Waals surface area contributed by atoms with Gasteiger partial charge in [-0.3, -0.25) is 0 Å². The molecular formula is C13H9ClFN3S. The summed E-state index contributed by atoms with van der Waals surface area (Å²) in [5.41, 5.74) is 1.34. The average Bonchev–Trinajstić information content (AvgIpc) is 2.82. The smallest absolute Gasteiger partial charge is 0.225 e. The highest BCUT2D eigenvalue weighted by atomic mass is 35.5. The number of fused-ring (bicyclic) bond motifs is 1. The lowest BCUT2D eigenvalue weighted by Crippen LogP contribution is -1.96. The summed E-state index contributed by atoms with van der Waals surface area (Å²) in [4.78, 5) is 9.14. The van der Waals surface area contributed by atoms with Crippen molar-refractivity contribution >= 4 is 44.7 Å². The topological polar surface area (TPSA) is 37.8 Å². The summed E-state index contributed by atoms with van der Waals surface area (Å²) in [6, 6.07) is 6.74. The van der Waals surface area contributed by atoms with E-state index in [9.17, 15) is 4.39 Å². The molecule has 19 heavy (non-hydrogen) atoms. The SMILES string of the molecule is Cc1cc(Nc2nc(Cl)nc3sccc23)ccc1F. The first kappa shape index (κ1) is 12.3. The van der Waals surface area contributed by atoms with Gasteiger partial charge in [0.2, 0.25) is 5.28 Å². The van der Waals surface area contributed by atoms with Gasteiger partial charge in [-0.05, 0) is 53.7 Å². The Bertz CT molecular complexity index is 757. The van der Waals surface area contributed by atoms with Crippen LogP contribution in [0.2, 0.25) is 5.28 Å². The van der Waals surface area contributed by atoms with Gasteiger partial charge in [0.1, 0.15) is 16.5 Å². The number of anilines is 2. The molecule has 1 aromatic carbocycles. The summed E-state index contributed by atoms with van der Waals surface area (Å²) >= 11 is 7.38. The number of hydrogen-bond donors (Lipinski definition) is 1. The van der Waals surface area contributed by atoms with Crippen LogP contribution >= 0.6 is 22.9 Å². The molecule has 0 unspecified atom stereocenters. The Hall–Kier alpha value is -1.72. The summed E-state index contributed by atoms with van der Waals surface area (Å²) in [5.74, 6) is 0.397. The molecule has 0 spiro atoms. The molecule has 1 N–H and O–H groups in total. The van der Waals surface area contributed by atoms with Crippen molar-refractivity contribution < 1.29 is 4.39 Å². The molecule has 0 saturated carbocycles.